The molecule has 4 heteroatoms. The van der Waals surface area contributed by atoms with Crippen LogP contribution in [-0.4, -0.2) is 48.4 Å². The molecule has 2 fully saturated rings. The normalized spacial score (nSPS) is 21.7. The van der Waals surface area contributed by atoms with Crippen molar-refractivity contribution in [2.45, 2.75) is 51.5 Å². The number of benzene rings is 1. The second-order valence-corrected chi connectivity index (χ2v) is 7.94. The molecule has 1 aliphatic heterocycles. The van der Waals surface area contributed by atoms with Gasteiger partial charge < -0.3 is 10.6 Å². The summed E-state index contributed by atoms with van der Waals surface area (Å²) in [4.78, 5) is 17.5. The van der Waals surface area contributed by atoms with Crippen molar-refractivity contribution < 1.29 is 4.79 Å². The molecule has 1 aromatic carbocycles. The maximum atomic E-state index is 12.9. The number of amides is 1. The van der Waals surface area contributed by atoms with Crippen LogP contribution >= 0.6 is 0 Å². The van der Waals surface area contributed by atoms with Gasteiger partial charge in [-0.05, 0) is 36.8 Å². The minimum Gasteiger partial charge on any atom is -0.341 e. The molecule has 1 heterocycles. The monoisotopic (exact) mass is 343 g/mol. The van der Waals surface area contributed by atoms with E-state index in [4.69, 9.17) is 5.73 Å². The number of carbonyl (C=O) groups excluding carboxylic acids is 1. The minimum atomic E-state index is 0.0748. The van der Waals surface area contributed by atoms with Crippen LogP contribution in [0.25, 0.3) is 0 Å². The zero-order valence-corrected chi connectivity index (χ0v) is 15.5. The van der Waals surface area contributed by atoms with Gasteiger partial charge in [0.2, 0.25) is 5.91 Å². The zero-order valence-electron chi connectivity index (χ0n) is 15.5. The predicted molar refractivity (Wildman–Crippen MR) is 102 cm³/mol. The Kier molecular flexibility index (Phi) is 6.49. The summed E-state index contributed by atoms with van der Waals surface area (Å²) >= 11 is 0. The van der Waals surface area contributed by atoms with Gasteiger partial charge in [0.15, 0.2) is 0 Å². The maximum Gasteiger partial charge on any atom is 0.223 e. The van der Waals surface area contributed by atoms with Crippen LogP contribution < -0.4 is 5.73 Å². The number of rotatable bonds is 5. The average Bonchev–Trinajstić information content (AvgIpc) is 2.89. The van der Waals surface area contributed by atoms with Gasteiger partial charge in [0, 0.05) is 39.1 Å². The lowest BCUT2D eigenvalue weighted by molar-refractivity contribution is -0.134. The van der Waals surface area contributed by atoms with E-state index in [9.17, 15) is 4.79 Å². The lowest BCUT2D eigenvalue weighted by atomic mass is 9.71. The van der Waals surface area contributed by atoms with Crippen LogP contribution in [-0.2, 0) is 11.3 Å². The summed E-state index contributed by atoms with van der Waals surface area (Å²) in [6.45, 7) is 5.43. The fourth-order valence-corrected chi connectivity index (χ4v) is 4.41. The molecule has 4 nitrogen and oxygen atoms in total. The molecule has 1 aliphatic carbocycles. The van der Waals surface area contributed by atoms with E-state index in [1.54, 1.807) is 0 Å². The average molecular weight is 344 g/mol. The number of hydrogen-bond acceptors (Lipinski definition) is 3. The highest BCUT2D eigenvalue weighted by molar-refractivity contribution is 5.77. The van der Waals surface area contributed by atoms with Gasteiger partial charge in [0.25, 0.3) is 0 Å². The van der Waals surface area contributed by atoms with E-state index in [1.165, 1.54) is 24.8 Å². The molecule has 0 atom stereocenters. The van der Waals surface area contributed by atoms with Crippen molar-refractivity contribution in [2.75, 3.05) is 32.7 Å². The minimum absolute atomic E-state index is 0.0748. The fourth-order valence-electron chi connectivity index (χ4n) is 4.41. The van der Waals surface area contributed by atoms with Crippen molar-refractivity contribution in [3.8, 4) is 0 Å². The van der Waals surface area contributed by atoms with Gasteiger partial charge in [0.05, 0.1) is 0 Å². The summed E-state index contributed by atoms with van der Waals surface area (Å²) in [6.07, 6.45) is 7.74. The molecule has 138 valence electrons. The van der Waals surface area contributed by atoms with Crippen molar-refractivity contribution in [1.82, 2.24) is 9.80 Å². The van der Waals surface area contributed by atoms with Crippen LogP contribution in [0, 0.1) is 5.41 Å². The van der Waals surface area contributed by atoms with Crippen molar-refractivity contribution in [3.05, 3.63) is 35.9 Å². The third-order valence-electron chi connectivity index (χ3n) is 6.06. The molecule has 1 saturated heterocycles. The third-order valence-corrected chi connectivity index (χ3v) is 6.06. The van der Waals surface area contributed by atoms with Gasteiger partial charge in [-0.3, -0.25) is 9.69 Å². The van der Waals surface area contributed by atoms with E-state index < -0.39 is 0 Å². The van der Waals surface area contributed by atoms with E-state index in [2.05, 4.69) is 40.1 Å². The van der Waals surface area contributed by atoms with E-state index in [0.29, 0.717) is 18.9 Å². The molecule has 1 amide bonds. The van der Waals surface area contributed by atoms with Crippen LogP contribution in [0.4, 0.5) is 0 Å². The summed E-state index contributed by atoms with van der Waals surface area (Å²) in [5.74, 6) is 0.328. The molecule has 1 aromatic rings. The first-order valence-electron chi connectivity index (χ1n) is 9.95. The lowest BCUT2D eigenvalue weighted by Crippen LogP contribution is -2.41. The van der Waals surface area contributed by atoms with Gasteiger partial charge in [-0.15, -0.1) is 0 Å². The van der Waals surface area contributed by atoms with E-state index in [0.717, 1.165) is 52.0 Å². The highest BCUT2D eigenvalue weighted by atomic mass is 16.2. The first kappa shape index (κ1) is 18.4. The van der Waals surface area contributed by atoms with E-state index in [-0.39, 0.29) is 5.41 Å². The van der Waals surface area contributed by atoms with Crippen LogP contribution in [0.1, 0.15) is 50.5 Å². The molecule has 0 unspecified atom stereocenters. The Hall–Kier alpha value is -1.39. The van der Waals surface area contributed by atoms with E-state index in [1.807, 2.05) is 0 Å². The highest BCUT2D eigenvalue weighted by Gasteiger charge is 2.34. The summed E-state index contributed by atoms with van der Waals surface area (Å²) < 4.78 is 0. The number of hydrogen-bond donors (Lipinski definition) is 1. The Morgan fingerprint density at radius 3 is 2.44 bits per heavy atom. The van der Waals surface area contributed by atoms with Crippen molar-refractivity contribution >= 4 is 5.91 Å². The second-order valence-electron chi connectivity index (χ2n) is 7.94. The largest absolute Gasteiger partial charge is 0.341 e. The Morgan fingerprint density at radius 1 is 0.960 bits per heavy atom. The molecule has 2 aliphatic rings. The van der Waals surface area contributed by atoms with Crippen LogP contribution in [0.3, 0.4) is 0 Å². The maximum absolute atomic E-state index is 12.9. The van der Waals surface area contributed by atoms with Crippen molar-refractivity contribution in [1.29, 1.82) is 0 Å². The Labute approximate surface area is 152 Å². The third kappa shape index (κ3) is 5.05. The molecule has 0 spiro atoms. The van der Waals surface area contributed by atoms with E-state index >= 15 is 0 Å². The SMILES string of the molecule is NCC1(CC(=O)N2CCCN(Cc3ccccc3)CC2)CCCCC1. The highest BCUT2D eigenvalue weighted by Crippen LogP contribution is 2.38. The lowest BCUT2D eigenvalue weighted by Gasteiger charge is -2.37. The molecular formula is C21H33N3O. The number of carbonyl (C=O) groups is 1. The first-order valence-corrected chi connectivity index (χ1v) is 9.95. The molecular weight excluding hydrogens is 310 g/mol. The summed E-state index contributed by atoms with van der Waals surface area (Å²) in [5.41, 5.74) is 7.50. The van der Waals surface area contributed by atoms with Gasteiger partial charge in [-0.2, -0.15) is 0 Å². The van der Waals surface area contributed by atoms with Gasteiger partial charge >= 0.3 is 0 Å². The second kappa shape index (κ2) is 8.81. The van der Waals surface area contributed by atoms with Gasteiger partial charge in [-0.25, -0.2) is 0 Å². The Bertz CT molecular complexity index is 539. The Balaban J connectivity index is 1.52. The molecule has 1 saturated carbocycles. The van der Waals surface area contributed by atoms with Crippen LogP contribution in [0.15, 0.2) is 30.3 Å². The predicted octanol–water partition coefficient (Wildman–Crippen LogP) is 3.02. The number of nitrogens with zero attached hydrogens (tertiary/aromatic N) is 2. The molecule has 0 bridgehead atoms. The molecule has 3 rings (SSSR count). The standard InChI is InChI=1S/C21H33N3O/c22-18-21(10-5-2-6-11-21)16-20(25)24-13-7-12-23(14-15-24)17-19-8-3-1-4-9-19/h1,3-4,8-9H,2,5-7,10-18,22H2. The van der Waals surface area contributed by atoms with Gasteiger partial charge in [0.1, 0.15) is 0 Å². The molecule has 0 aromatic heterocycles. The molecule has 0 radical (unpaired) electrons. The fraction of sp³-hybridized carbons (Fsp3) is 0.667. The number of nitrogens with two attached hydrogens (primary N) is 1. The summed E-state index contributed by atoms with van der Waals surface area (Å²) in [5, 5.41) is 0. The zero-order chi connectivity index (χ0) is 17.5. The molecule has 2 N–H and O–H groups in total. The summed E-state index contributed by atoms with van der Waals surface area (Å²) in [7, 11) is 0. The topological polar surface area (TPSA) is 49.6 Å². The summed E-state index contributed by atoms with van der Waals surface area (Å²) in [6, 6.07) is 10.6. The first-order chi connectivity index (χ1) is 12.2. The Morgan fingerprint density at radius 2 is 1.72 bits per heavy atom. The smallest absolute Gasteiger partial charge is 0.223 e. The van der Waals surface area contributed by atoms with Crippen molar-refractivity contribution in [2.24, 2.45) is 11.1 Å². The molecule has 25 heavy (non-hydrogen) atoms. The van der Waals surface area contributed by atoms with Gasteiger partial charge in [-0.1, -0.05) is 49.6 Å². The quantitative estimate of drug-likeness (QED) is 0.894. The van der Waals surface area contributed by atoms with Crippen LogP contribution in [0.2, 0.25) is 0 Å². The van der Waals surface area contributed by atoms with Crippen molar-refractivity contribution in [3.63, 3.8) is 0 Å². The van der Waals surface area contributed by atoms with Crippen LogP contribution in [0.5, 0.6) is 0 Å².